The Bertz CT molecular complexity index is 580. The van der Waals surface area contributed by atoms with Gasteiger partial charge in [0, 0.05) is 18.3 Å². The predicted octanol–water partition coefficient (Wildman–Crippen LogP) is 2.68. The van der Waals surface area contributed by atoms with Crippen LogP contribution in [-0.2, 0) is 4.79 Å². The van der Waals surface area contributed by atoms with Crippen molar-refractivity contribution in [3.05, 3.63) is 18.2 Å². The number of nitrogens with one attached hydrogen (secondary N) is 1. The van der Waals surface area contributed by atoms with Crippen molar-refractivity contribution in [2.45, 2.75) is 26.1 Å². The highest BCUT2D eigenvalue weighted by molar-refractivity contribution is 5.92. The summed E-state index contributed by atoms with van der Waals surface area (Å²) in [5.74, 6) is 0.316. The van der Waals surface area contributed by atoms with E-state index in [2.05, 4.69) is 26.6 Å². The Morgan fingerprint density at radius 3 is 2.95 bits per heavy atom. The maximum atomic E-state index is 12.9. The molecule has 1 saturated heterocycles. The van der Waals surface area contributed by atoms with Crippen LogP contribution in [-0.4, -0.2) is 36.7 Å². The fourth-order valence-corrected chi connectivity index (χ4v) is 2.86. The number of carbonyl (C=O) groups is 1. The third kappa shape index (κ3) is 3.47. The molecule has 1 aromatic rings. The van der Waals surface area contributed by atoms with Crippen molar-refractivity contribution < 1.29 is 23.0 Å². The zero-order valence-corrected chi connectivity index (χ0v) is 12.3. The van der Waals surface area contributed by atoms with Gasteiger partial charge in [-0.1, -0.05) is 6.92 Å². The van der Waals surface area contributed by atoms with Crippen molar-refractivity contribution in [1.82, 2.24) is 4.90 Å². The number of hydrogen-bond acceptors (Lipinski definition) is 4. The summed E-state index contributed by atoms with van der Waals surface area (Å²) in [4.78, 5) is 14.1. The van der Waals surface area contributed by atoms with Crippen LogP contribution in [0.4, 0.5) is 14.5 Å². The first-order valence-corrected chi connectivity index (χ1v) is 7.33. The Kier molecular flexibility index (Phi) is 3.90. The molecule has 2 aliphatic heterocycles. The molecule has 1 N–H and O–H groups in total. The molecule has 7 heteroatoms. The molecule has 0 bridgehead atoms. The molecule has 2 aliphatic rings. The number of hydrogen-bond donors (Lipinski definition) is 1. The first-order valence-electron chi connectivity index (χ1n) is 7.33. The van der Waals surface area contributed by atoms with Crippen LogP contribution in [0.1, 0.15) is 19.8 Å². The minimum absolute atomic E-state index is 0.0344. The molecule has 3 rings (SSSR count). The number of alkyl halides is 2. The smallest absolute Gasteiger partial charge is 0.395 e. The number of fused-ring (bicyclic) bond motifs is 1. The van der Waals surface area contributed by atoms with Crippen molar-refractivity contribution in [3.8, 4) is 11.5 Å². The van der Waals surface area contributed by atoms with Crippen molar-refractivity contribution in [3.63, 3.8) is 0 Å². The lowest BCUT2D eigenvalue weighted by Crippen LogP contribution is -2.39. The van der Waals surface area contributed by atoms with E-state index >= 15 is 0 Å². The van der Waals surface area contributed by atoms with Gasteiger partial charge in [0.05, 0.1) is 6.54 Å². The lowest BCUT2D eigenvalue weighted by atomic mass is 10.0. The molecule has 0 aliphatic carbocycles. The van der Waals surface area contributed by atoms with Gasteiger partial charge in [-0.15, -0.1) is 8.78 Å². The summed E-state index contributed by atoms with van der Waals surface area (Å²) in [6, 6.07) is 4.21. The van der Waals surface area contributed by atoms with E-state index < -0.39 is 6.29 Å². The summed E-state index contributed by atoms with van der Waals surface area (Å²) in [6.07, 6.45) is -1.36. The van der Waals surface area contributed by atoms with Crippen LogP contribution in [0.2, 0.25) is 0 Å². The Hall–Kier alpha value is -1.89. The monoisotopic (exact) mass is 312 g/mol. The van der Waals surface area contributed by atoms with Gasteiger partial charge < -0.3 is 14.8 Å². The van der Waals surface area contributed by atoms with E-state index in [4.69, 9.17) is 0 Å². The van der Waals surface area contributed by atoms with Gasteiger partial charge in [0.15, 0.2) is 11.5 Å². The molecule has 120 valence electrons. The van der Waals surface area contributed by atoms with Gasteiger partial charge in [-0.3, -0.25) is 9.69 Å². The largest absolute Gasteiger partial charge is 0.586 e. The maximum Gasteiger partial charge on any atom is 0.586 e. The number of halogens is 2. The van der Waals surface area contributed by atoms with Gasteiger partial charge in [-0.05, 0) is 37.4 Å². The fourth-order valence-electron chi connectivity index (χ4n) is 2.86. The van der Waals surface area contributed by atoms with E-state index in [0.717, 1.165) is 19.5 Å². The molecule has 5 nitrogen and oxygen atoms in total. The van der Waals surface area contributed by atoms with Gasteiger partial charge in [0.25, 0.3) is 0 Å². The van der Waals surface area contributed by atoms with Gasteiger partial charge >= 0.3 is 6.29 Å². The van der Waals surface area contributed by atoms with Crippen molar-refractivity contribution >= 4 is 11.6 Å². The zero-order valence-electron chi connectivity index (χ0n) is 12.3. The van der Waals surface area contributed by atoms with Crippen LogP contribution in [0.5, 0.6) is 11.5 Å². The number of benzene rings is 1. The van der Waals surface area contributed by atoms with Crippen LogP contribution in [0, 0.1) is 5.92 Å². The molecule has 0 radical (unpaired) electrons. The topological polar surface area (TPSA) is 50.8 Å². The second-order valence-electron chi connectivity index (χ2n) is 5.86. The molecular weight excluding hydrogens is 294 g/mol. The molecule has 0 unspecified atom stereocenters. The summed E-state index contributed by atoms with van der Waals surface area (Å²) in [5, 5.41) is 2.70. The Morgan fingerprint density at radius 1 is 1.41 bits per heavy atom. The Labute approximate surface area is 127 Å². The molecule has 2 heterocycles. The van der Waals surface area contributed by atoms with Crippen molar-refractivity contribution in [2.75, 3.05) is 25.0 Å². The minimum Gasteiger partial charge on any atom is -0.395 e. The first kappa shape index (κ1) is 15.0. The summed E-state index contributed by atoms with van der Waals surface area (Å²) < 4.78 is 34.6. The van der Waals surface area contributed by atoms with E-state index in [1.807, 2.05) is 0 Å². The summed E-state index contributed by atoms with van der Waals surface area (Å²) in [6.45, 7) is 4.28. The van der Waals surface area contributed by atoms with Crippen LogP contribution in [0.25, 0.3) is 0 Å². The highest BCUT2D eigenvalue weighted by Gasteiger charge is 2.43. The lowest BCUT2D eigenvalue weighted by molar-refractivity contribution is -0.286. The molecule has 1 fully saturated rings. The second-order valence-corrected chi connectivity index (χ2v) is 5.86. The maximum absolute atomic E-state index is 12.9. The number of carbonyl (C=O) groups excluding carboxylic acids is 1. The molecule has 0 aromatic heterocycles. The van der Waals surface area contributed by atoms with Crippen molar-refractivity contribution in [1.29, 1.82) is 0 Å². The zero-order chi connectivity index (χ0) is 15.7. The number of likely N-dealkylation sites (tertiary alicyclic amines) is 1. The molecule has 1 aromatic carbocycles. The van der Waals surface area contributed by atoms with Gasteiger partial charge in [0.1, 0.15) is 0 Å². The van der Waals surface area contributed by atoms with E-state index in [1.165, 1.54) is 24.6 Å². The molecule has 22 heavy (non-hydrogen) atoms. The Balaban J connectivity index is 1.58. The molecule has 0 spiro atoms. The SMILES string of the molecule is C[C@@H]1CCCN(CC(=O)Nc2ccc3c(c2)OC(F)(F)O3)C1. The van der Waals surface area contributed by atoms with Crippen molar-refractivity contribution in [2.24, 2.45) is 5.92 Å². The number of rotatable bonds is 3. The van der Waals surface area contributed by atoms with E-state index in [0.29, 0.717) is 18.2 Å². The summed E-state index contributed by atoms with van der Waals surface area (Å²) in [7, 11) is 0. The highest BCUT2D eigenvalue weighted by Crippen LogP contribution is 2.42. The van der Waals surface area contributed by atoms with Crippen LogP contribution in [0.3, 0.4) is 0 Å². The summed E-state index contributed by atoms with van der Waals surface area (Å²) in [5.41, 5.74) is 0.412. The number of ether oxygens (including phenoxy) is 2. The van der Waals surface area contributed by atoms with Crippen LogP contribution >= 0.6 is 0 Å². The van der Waals surface area contributed by atoms with Gasteiger partial charge in [-0.25, -0.2) is 0 Å². The fraction of sp³-hybridized carbons (Fsp3) is 0.533. The van der Waals surface area contributed by atoms with E-state index in [-0.39, 0.29) is 17.4 Å². The van der Waals surface area contributed by atoms with Crippen LogP contribution < -0.4 is 14.8 Å². The third-order valence-corrected chi connectivity index (χ3v) is 3.79. The van der Waals surface area contributed by atoms with Crippen LogP contribution in [0.15, 0.2) is 18.2 Å². The molecule has 1 amide bonds. The first-order chi connectivity index (χ1) is 10.4. The second kappa shape index (κ2) is 5.72. The number of anilines is 1. The van der Waals surface area contributed by atoms with Gasteiger partial charge in [-0.2, -0.15) is 0 Å². The van der Waals surface area contributed by atoms with Gasteiger partial charge in [0.2, 0.25) is 5.91 Å². The molecule has 0 saturated carbocycles. The number of piperidine rings is 1. The Morgan fingerprint density at radius 2 is 2.18 bits per heavy atom. The minimum atomic E-state index is -3.64. The highest BCUT2D eigenvalue weighted by atomic mass is 19.3. The molecular formula is C15H18F2N2O3. The quantitative estimate of drug-likeness (QED) is 0.932. The van der Waals surface area contributed by atoms with E-state index in [1.54, 1.807) is 0 Å². The average molecular weight is 312 g/mol. The number of amides is 1. The average Bonchev–Trinajstić information content (AvgIpc) is 2.71. The normalized spacial score (nSPS) is 23.3. The molecule has 1 atom stereocenters. The lowest BCUT2D eigenvalue weighted by Gasteiger charge is -2.30. The van der Waals surface area contributed by atoms with E-state index in [9.17, 15) is 13.6 Å². The number of nitrogens with zero attached hydrogens (tertiary/aromatic N) is 1. The standard InChI is InChI=1S/C15H18F2N2O3/c1-10-3-2-6-19(8-10)9-14(20)18-11-4-5-12-13(7-11)22-15(16,17)21-12/h4-5,7,10H,2-3,6,8-9H2,1H3,(H,18,20)/t10-/m1/s1. The summed E-state index contributed by atoms with van der Waals surface area (Å²) >= 11 is 0. The predicted molar refractivity (Wildman–Crippen MR) is 76.1 cm³/mol. The third-order valence-electron chi connectivity index (χ3n) is 3.79.